The average molecular weight is 435 g/mol. The number of fused-ring (bicyclic) bond motifs is 3. The average Bonchev–Trinajstić information content (AvgIpc) is 3.05. The first kappa shape index (κ1) is 20.6. The number of pyridine rings is 1. The van der Waals surface area contributed by atoms with Gasteiger partial charge in [-0.2, -0.15) is 0 Å². The van der Waals surface area contributed by atoms with Crippen LogP contribution < -0.4 is 5.43 Å². The van der Waals surface area contributed by atoms with E-state index in [1.165, 1.54) is 25.6 Å². The second kappa shape index (κ2) is 7.55. The zero-order valence-corrected chi connectivity index (χ0v) is 18.0. The molecular formula is C23H17NO6S. The molecule has 0 bridgehead atoms. The molecular weight excluding hydrogens is 418 g/mol. The van der Waals surface area contributed by atoms with Gasteiger partial charge in [-0.3, -0.25) is 14.6 Å². The minimum Gasteiger partial charge on any atom is -0.465 e. The molecule has 0 saturated carbocycles. The van der Waals surface area contributed by atoms with Crippen LogP contribution in [0.25, 0.3) is 21.6 Å². The molecule has 0 spiro atoms. The van der Waals surface area contributed by atoms with Crippen LogP contribution in [0.3, 0.4) is 0 Å². The first-order chi connectivity index (χ1) is 14.8. The van der Waals surface area contributed by atoms with Gasteiger partial charge in [0.1, 0.15) is 0 Å². The van der Waals surface area contributed by atoms with E-state index in [0.717, 1.165) is 0 Å². The van der Waals surface area contributed by atoms with Crippen LogP contribution >= 0.6 is 11.3 Å². The number of rotatable bonds is 3. The highest BCUT2D eigenvalue weighted by Crippen LogP contribution is 2.40. The molecule has 0 atom stereocenters. The highest BCUT2D eigenvalue weighted by molar-refractivity contribution is 7.14. The number of aromatic nitrogens is 1. The van der Waals surface area contributed by atoms with Crippen molar-refractivity contribution in [2.24, 2.45) is 0 Å². The molecule has 0 unspecified atom stereocenters. The Morgan fingerprint density at radius 2 is 1.39 bits per heavy atom. The Balaban J connectivity index is 2.11. The van der Waals surface area contributed by atoms with Gasteiger partial charge in [-0.15, -0.1) is 11.3 Å². The molecule has 1 aliphatic rings. The summed E-state index contributed by atoms with van der Waals surface area (Å²) < 4.78 is 9.79. The summed E-state index contributed by atoms with van der Waals surface area (Å²) in [6.07, 6.45) is 0. The van der Waals surface area contributed by atoms with Crippen molar-refractivity contribution in [3.05, 3.63) is 73.5 Å². The van der Waals surface area contributed by atoms with Crippen LogP contribution in [0.15, 0.2) is 34.4 Å². The Hall–Kier alpha value is -3.65. The molecule has 2 aromatic heterocycles. The maximum absolute atomic E-state index is 13.6. The molecule has 0 radical (unpaired) electrons. The zero-order chi connectivity index (χ0) is 22.4. The fourth-order valence-electron chi connectivity index (χ4n) is 3.88. The molecule has 4 rings (SSSR count). The van der Waals surface area contributed by atoms with Crippen molar-refractivity contribution in [1.82, 2.24) is 4.98 Å². The summed E-state index contributed by atoms with van der Waals surface area (Å²) in [5, 5.41) is 1.56. The highest BCUT2D eigenvalue weighted by Gasteiger charge is 2.34. The molecule has 0 fully saturated rings. The molecule has 0 saturated heterocycles. The molecule has 31 heavy (non-hydrogen) atoms. The molecule has 0 amide bonds. The number of benzene rings is 1. The summed E-state index contributed by atoms with van der Waals surface area (Å²) in [6.45, 7) is 3.18. The number of methoxy groups -OCH3 is 2. The first-order valence-electron chi connectivity index (χ1n) is 9.29. The van der Waals surface area contributed by atoms with Gasteiger partial charge in [0.05, 0.1) is 47.2 Å². The Bertz CT molecular complexity index is 1310. The minimum atomic E-state index is -0.746. The fraction of sp³-hybridized carbons (Fsp3) is 0.174. The van der Waals surface area contributed by atoms with Crippen molar-refractivity contribution < 1.29 is 23.9 Å². The molecule has 0 aliphatic heterocycles. The Morgan fingerprint density at radius 3 is 1.94 bits per heavy atom. The molecule has 8 heteroatoms. The predicted molar refractivity (Wildman–Crippen MR) is 115 cm³/mol. The van der Waals surface area contributed by atoms with Gasteiger partial charge in [0, 0.05) is 27.6 Å². The van der Waals surface area contributed by atoms with Crippen molar-refractivity contribution in [3.8, 4) is 21.6 Å². The lowest BCUT2D eigenvalue weighted by atomic mass is 9.92. The standard InChI is InChI=1S/C23H17NO6S/c1-10-15(22(27)29-3)17(16(11(2)24-10)23(28)30-4)14-9-31-21-13-8-6-5-7-12(13)19(25)18(21)20(14)26/h5-9H,1-4H3. The summed E-state index contributed by atoms with van der Waals surface area (Å²) in [5.74, 6) is -1.87. The summed E-state index contributed by atoms with van der Waals surface area (Å²) in [5.41, 5.74) is 1.30. The number of carbonyl (C=O) groups is 3. The molecule has 7 nitrogen and oxygen atoms in total. The highest BCUT2D eigenvalue weighted by atomic mass is 32.1. The van der Waals surface area contributed by atoms with E-state index in [0.29, 0.717) is 27.4 Å². The fourth-order valence-corrected chi connectivity index (χ4v) is 4.95. The third-order valence-electron chi connectivity index (χ3n) is 5.24. The third-order valence-corrected chi connectivity index (χ3v) is 6.26. The molecule has 2 heterocycles. The van der Waals surface area contributed by atoms with Gasteiger partial charge in [-0.05, 0) is 13.8 Å². The number of hydrogen-bond donors (Lipinski definition) is 0. The van der Waals surface area contributed by atoms with E-state index in [2.05, 4.69) is 4.98 Å². The van der Waals surface area contributed by atoms with Crippen molar-refractivity contribution in [2.75, 3.05) is 14.2 Å². The quantitative estimate of drug-likeness (QED) is 0.454. The summed E-state index contributed by atoms with van der Waals surface area (Å²) in [6, 6.07) is 6.99. The Morgan fingerprint density at radius 1 is 0.839 bits per heavy atom. The number of nitrogens with zero attached hydrogens (tertiary/aromatic N) is 1. The van der Waals surface area contributed by atoms with Crippen LogP contribution in [0.2, 0.25) is 0 Å². The lowest BCUT2D eigenvalue weighted by Crippen LogP contribution is -2.20. The van der Waals surface area contributed by atoms with E-state index >= 15 is 0 Å². The summed E-state index contributed by atoms with van der Waals surface area (Å²) >= 11 is 1.21. The monoisotopic (exact) mass is 435 g/mol. The first-order valence-corrected chi connectivity index (χ1v) is 10.2. The van der Waals surface area contributed by atoms with Gasteiger partial charge in [0.25, 0.3) is 0 Å². The summed E-state index contributed by atoms with van der Waals surface area (Å²) in [7, 11) is 2.40. The van der Waals surface area contributed by atoms with Crippen LogP contribution in [0.1, 0.15) is 48.0 Å². The lowest BCUT2D eigenvalue weighted by molar-refractivity contribution is 0.0598. The molecule has 1 aromatic carbocycles. The number of ether oxygens (including phenoxy) is 2. The van der Waals surface area contributed by atoms with E-state index < -0.39 is 17.4 Å². The van der Waals surface area contributed by atoms with Crippen molar-refractivity contribution in [2.45, 2.75) is 13.8 Å². The van der Waals surface area contributed by atoms with Gasteiger partial charge in [-0.1, -0.05) is 24.3 Å². The van der Waals surface area contributed by atoms with Crippen molar-refractivity contribution in [1.29, 1.82) is 0 Å². The minimum absolute atomic E-state index is 0.0132. The largest absolute Gasteiger partial charge is 0.465 e. The number of esters is 2. The molecule has 1 aliphatic carbocycles. The SMILES string of the molecule is COC(=O)c1c(C)nc(C)c(C(=O)OC)c1-c1csc2c(c1=O)C(=O)c1ccccc1-2. The van der Waals surface area contributed by atoms with Crippen molar-refractivity contribution in [3.63, 3.8) is 0 Å². The van der Waals surface area contributed by atoms with Crippen LogP contribution in [-0.4, -0.2) is 36.9 Å². The third kappa shape index (κ3) is 2.98. The van der Waals surface area contributed by atoms with Crippen LogP contribution in [0.4, 0.5) is 0 Å². The topological polar surface area (TPSA) is 99.6 Å². The van der Waals surface area contributed by atoms with Gasteiger partial charge in [0.15, 0.2) is 11.2 Å². The normalized spacial score (nSPS) is 11.7. The van der Waals surface area contributed by atoms with E-state index in [-0.39, 0.29) is 33.6 Å². The predicted octanol–water partition coefficient (Wildman–Crippen LogP) is 3.57. The van der Waals surface area contributed by atoms with Gasteiger partial charge < -0.3 is 9.47 Å². The van der Waals surface area contributed by atoms with Crippen molar-refractivity contribution >= 4 is 29.1 Å². The Labute approximate surface area is 181 Å². The summed E-state index contributed by atoms with van der Waals surface area (Å²) in [4.78, 5) is 56.6. The van der Waals surface area contributed by atoms with E-state index in [1.807, 2.05) is 0 Å². The number of aryl methyl sites for hydroxylation is 2. The smallest absolute Gasteiger partial charge is 0.340 e. The zero-order valence-electron chi connectivity index (χ0n) is 17.2. The molecule has 3 aromatic rings. The second-order valence-corrected chi connectivity index (χ2v) is 7.83. The number of ketones is 1. The van der Waals surface area contributed by atoms with Crippen LogP contribution in [0, 0.1) is 13.8 Å². The second-order valence-electron chi connectivity index (χ2n) is 6.95. The van der Waals surface area contributed by atoms with Gasteiger partial charge >= 0.3 is 11.9 Å². The maximum Gasteiger partial charge on any atom is 0.340 e. The van der Waals surface area contributed by atoms with Gasteiger partial charge in [0.2, 0.25) is 0 Å². The number of carbonyl (C=O) groups excluding carboxylic acids is 3. The van der Waals surface area contributed by atoms with Crippen LogP contribution in [0.5, 0.6) is 0 Å². The lowest BCUT2D eigenvalue weighted by Gasteiger charge is -2.16. The van der Waals surface area contributed by atoms with E-state index in [1.54, 1.807) is 43.5 Å². The van der Waals surface area contributed by atoms with Gasteiger partial charge in [-0.25, -0.2) is 9.59 Å². The van der Waals surface area contributed by atoms with Crippen LogP contribution in [-0.2, 0) is 9.47 Å². The Kier molecular flexibility index (Phi) is 5.02. The van der Waals surface area contributed by atoms with E-state index in [4.69, 9.17) is 9.47 Å². The van der Waals surface area contributed by atoms with E-state index in [9.17, 15) is 19.2 Å². The maximum atomic E-state index is 13.6. The number of hydrogen-bond acceptors (Lipinski definition) is 8. The molecule has 0 N–H and O–H groups in total. The molecule has 156 valence electrons.